The molecule has 0 saturated heterocycles. The molecule has 0 saturated carbocycles. The van der Waals surface area contributed by atoms with Crippen LogP contribution >= 0.6 is 0 Å². The maximum atomic E-state index is 11.8. The highest BCUT2D eigenvalue weighted by molar-refractivity contribution is 5.92. The number of hydrogen-bond acceptors (Lipinski definition) is 4. The summed E-state index contributed by atoms with van der Waals surface area (Å²) in [6, 6.07) is 3.19. The van der Waals surface area contributed by atoms with Crippen molar-refractivity contribution in [2.45, 2.75) is 13.5 Å². The molecule has 2 aromatic heterocycles. The van der Waals surface area contributed by atoms with Crippen LogP contribution in [0.3, 0.4) is 0 Å². The highest BCUT2D eigenvalue weighted by Crippen LogP contribution is 2.06. The first-order valence-electron chi connectivity index (χ1n) is 5.55. The topological polar surface area (TPSA) is 85.8 Å². The Bertz CT molecular complexity index is 576. The SMILES string of the molecule is Cc1nn(C)cc1CNC(=O)c1cc(N)ccn1. The van der Waals surface area contributed by atoms with E-state index >= 15 is 0 Å². The molecule has 2 rings (SSSR count). The van der Waals surface area contributed by atoms with Gasteiger partial charge >= 0.3 is 0 Å². The number of nitrogens with zero attached hydrogens (tertiary/aromatic N) is 3. The van der Waals surface area contributed by atoms with E-state index in [1.54, 1.807) is 16.8 Å². The van der Waals surface area contributed by atoms with Crippen LogP contribution in [0.15, 0.2) is 24.5 Å². The van der Waals surface area contributed by atoms with Crippen LogP contribution in [0.1, 0.15) is 21.7 Å². The van der Waals surface area contributed by atoms with Crippen molar-refractivity contribution in [1.82, 2.24) is 20.1 Å². The van der Waals surface area contributed by atoms with Gasteiger partial charge in [0, 0.05) is 37.2 Å². The summed E-state index contributed by atoms with van der Waals surface area (Å²) in [7, 11) is 1.85. The van der Waals surface area contributed by atoms with Gasteiger partial charge in [0.2, 0.25) is 0 Å². The lowest BCUT2D eigenvalue weighted by Crippen LogP contribution is -2.24. The summed E-state index contributed by atoms with van der Waals surface area (Å²) in [5.74, 6) is -0.245. The summed E-state index contributed by atoms with van der Waals surface area (Å²) >= 11 is 0. The fourth-order valence-corrected chi connectivity index (χ4v) is 1.66. The van der Waals surface area contributed by atoms with E-state index in [0.717, 1.165) is 11.3 Å². The van der Waals surface area contributed by atoms with Gasteiger partial charge in [0.1, 0.15) is 5.69 Å². The summed E-state index contributed by atoms with van der Waals surface area (Å²) in [5.41, 5.74) is 8.32. The third-order valence-corrected chi connectivity index (χ3v) is 2.57. The van der Waals surface area contributed by atoms with Crippen molar-refractivity contribution in [3.05, 3.63) is 41.5 Å². The Morgan fingerprint density at radius 2 is 2.33 bits per heavy atom. The lowest BCUT2D eigenvalue weighted by Gasteiger charge is -2.04. The summed E-state index contributed by atoms with van der Waals surface area (Å²) in [4.78, 5) is 15.8. The average molecular weight is 245 g/mol. The van der Waals surface area contributed by atoms with Gasteiger partial charge in [-0.25, -0.2) is 0 Å². The quantitative estimate of drug-likeness (QED) is 0.830. The molecule has 2 heterocycles. The first-order valence-corrected chi connectivity index (χ1v) is 5.55. The molecule has 0 spiro atoms. The molecule has 1 amide bonds. The molecule has 94 valence electrons. The number of amides is 1. The van der Waals surface area contributed by atoms with Gasteiger partial charge in [-0.1, -0.05) is 0 Å². The van der Waals surface area contributed by atoms with Crippen molar-refractivity contribution in [2.24, 2.45) is 7.05 Å². The van der Waals surface area contributed by atoms with Crippen LogP contribution in [-0.4, -0.2) is 20.7 Å². The Balaban J connectivity index is 2.02. The standard InChI is InChI=1S/C12H15N5O/c1-8-9(7-17(2)16-8)6-15-12(18)11-5-10(13)3-4-14-11/h3-5,7H,6H2,1-2H3,(H2,13,14)(H,15,18). The number of rotatable bonds is 3. The number of carbonyl (C=O) groups is 1. The lowest BCUT2D eigenvalue weighted by molar-refractivity contribution is 0.0946. The van der Waals surface area contributed by atoms with Crippen molar-refractivity contribution in [3.63, 3.8) is 0 Å². The minimum absolute atomic E-state index is 0.245. The Hall–Kier alpha value is -2.37. The molecular weight excluding hydrogens is 230 g/mol. The third kappa shape index (κ3) is 2.65. The van der Waals surface area contributed by atoms with Crippen molar-refractivity contribution < 1.29 is 4.79 Å². The predicted molar refractivity (Wildman–Crippen MR) is 67.8 cm³/mol. The van der Waals surface area contributed by atoms with Gasteiger partial charge in [0.05, 0.1) is 5.69 Å². The van der Waals surface area contributed by atoms with Gasteiger partial charge in [-0.05, 0) is 19.1 Å². The minimum Gasteiger partial charge on any atom is -0.399 e. The van der Waals surface area contributed by atoms with Crippen LogP contribution in [-0.2, 0) is 13.6 Å². The number of nitrogen functional groups attached to an aromatic ring is 1. The second-order valence-corrected chi connectivity index (χ2v) is 4.07. The number of hydrogen-bond donors (Lipinski definition) is 2. The zero-order valence-corrected chi connectivity index (χ0v) is 10.3. The number of aromatic nitrogens is 3. The van der Waals surface area contributed by atoms with Crippen LogP contribution in [0.2, 0.25) is 0 Å². The molecular formula is C12H15N5O. The first-order chi connectivity index (χ1) is 8.56. The highest BCUT2D eigenvalue weighted by Gasteiger charge is 2.09. The molecule has 0 aliphatic rings. The number of anilines is 1. The van der Waals surface area contributed by atoms with Crippen LogP contribution in [0.25, 0.3) is 0 Å². The largest absolute Gasteiger partial charge is 0.399 e. The number of carbonyl (C=O) groups excluding carboxylic acids is 1. The van der Waals surface area contributed by atoms with Crippen LogP contribution in [0.5, 0.6) is 0 Å². The molecule has 2 aromatic rings. The molecule has 0 bridgehead atoms. The Morgan fingerprint density at radius 1 is 1.56 bits per heavy atom. The second-order valence-electron chi connectivity index (χ2n) is 4.07. The van der Waals surface area contributed by atoms with E-state index < -0.39 is 0 Å². The number of nitrogens with two attached hydrogens (primary N) is 1. The maximum Gasteiger partial charge on any atom is 0.270 e. The monoisotopic (exact) mass is 245 g/mol. The molecule has 0 fully saturated rings. The van der Waals surface area contributed by atoms with Gasteiger partial charge in [-0.3, -0.25) is 14.5 Å². The van der Waals surface area contributed by atoms with E-state index in [2.05, 4.69) is 15.4 Å². The molecule has 0 aliphatic heterocycles. The van der Waals surface area contributed by atoms with E-state index in [4.69, 9.17) is 5.73 Å². The van der Waals surface area contributed by atoms with Crippen molar-refractivity contribution in [2.75, 3.05) is 5.73 Å². The van der Waals surface area contributed by atoms with Crippen molar-refractivity contribution >= 4 is 11.6 Å². The summed E-state index contributed by atoms with van der Waals surface area (Å²) in [6.45, 7) is 2.33. The Kier molecular flexibility index (Phi) is 3.27. The van der Waals surface area contributed by atoms with E-state index in [1.807, 2.05) is 20.2 Å². The predicted octanol–water partition coefficient (Wildman–Crippen LogP) is 0.636. The zero-order chi connectivity index (χ0) is 13.1. The second kappa shape index (κ2) is 4.87. The van der Waals surface area contributed by atoms with E-state index in [1.165, 1.54) is 6.20 Å². The number of nitrogens with one attached hydrogen (secondary N) is 1. The smallest absolute Gasteiger partial charge is 0.270 e. The Morgan fingerprint density at radius 3 is 2.94 bits per heavy atom. The van der Waals surface area contributed by atoms with Gasteiger partial charge in [-0.2, -0.15) is 5.10 Å². The fraction of sp³-hybridized carbons (Fsp3) is 0.250. The average Bonchev–Trinajstić information content (AvgIpc) is 2.65. The third-order valence-electron chi connectivity index (χ3n) is 2.57. The molecule has 18 heavy (non-hydrogen) atoms. The Labute approximate surface area is 105 Å². The number of pyridine rings is 1. The summed E-state index contributed by atoms with van der Waals surface area (Å²) < 4.78 is 1.72. The molecule has 6 heteroatoms. The van der Waals surface area contributed by atoms with E-state index in [-0.39, 0.29) is 5.91 Å². The normalized spacial score (nSPS) is 10.3. The number of aryl methyl sites for hydroxylation is 2. The molecule has 0 unspecified atom stereocenters. The minimum atomic E-state index is -0.245. The van der Waals surface area contributed by atoms with Gasteiger partial charge in [0.15, 0.2) is 0 Å². The molecule has 6 nitrogen and oxygen atoms in total. The molecule has 3 N–H and O–H groups in total. The summed E-state index contributed by atoms with van der Waals surface area (Å²) in [5, 5.41) is 6.99. The maximum absolute atomic E-state index is 11.8. The van der Waals surface area contributed by atoms with Crippen molar-refractivity contribution in [3.8, 4) is 0 Å². The first kappa shape index (κ1) is 12.1. The van der Waals surface area contributed by atoms with Crippen molar-refractivity contribution in [1.29, 1.82) is 0 Å². The van der Waals surface area contributed by atoms with Gasteiger partial charge in [0.25, 0.3) is 5.91 Å². The van der Waals surface area contributed by atoms with Crippen LogP contribution < -0.4 is 11.1 Å². The van der Waals surface area contributed by atoms with Crippen LogP contribution in [0.4, 0.5) is 5.69 Å². The van der Waals surface area contributed by atoms with E-state index in [0.29, 0.717) is 17.9 Å². The zero-order valence-electron chi connectivity index (χ0n) is 10.3. The summed E-state index contributed by atoms with van der Waals surface area (Å²) in [6.07, 6.45) is 3.39. The molecule has 0 aromatic carbocycles. The van der Waals surface area contributed by atoms with Gasteiger partial charge < -0.3 is 11.1 Å². The van der Waals surface area contributed by atoms with Crippen LogP contribution in [0, 0.1) is 6.92 Å². The molecule has 0 radical (unpaired) electrons. The van der Waals surface area contributed by atoms with E-state index in [9.17, 15) is 4.79 Å². The highest BCUT2D eigenvalue weighted by atomic mass is 16.1. The van der Waals surface area contributed by atoms with Gasteiger partial charge in [-0.15, -0.1) is 0 Å². The lowest BCUT2D eigenvalue weighted by atomic mass is 10.2. The molecule has 0 atom stereocenters. The molecule has 0 aliphatic carbocycles. The fourth-order valence-electron chi connectivity index (χ4n) is 1.66.